The minimum atomic E-state index is -0.647. The molecule has 0 saturated carbocycles. The average Bonchev–Trinajstić information content (AvgIpc) is 3.28. The Bertz CT molecular complexity index is 2310. The van der Waals surface area contributed by atoms with Crippen molar-refractivity contribution in [1.29, 1.82) is 0 Å². The van der Waals surface area contributed by atoms with E-state index in [2.05, 4.69) is 63.4 Å². The fraction of sp³-hybridized carbons (Fsp3) is 0.0833. The second-order valence-electron chi connectivity index (χ2n) is 13.0. The molecule has 16 heteroatoms. The van der Waals surface area contributed by atoms with Crippen LogP contribution in [0.25, 0.3) is 45.0 Å². The van der Waals surface area contributed by atoms with Gasteiger partial charge in [0, 0.05) is 71.3 Å². The Morgan fingerprint density at radius 2 is 0.531 bits per heavy atom. The molecule has 0 atom stereocenters. The summed E-state index contributed by atoms with van der Waals surface area (Å²) >= 11 is 2.94. The molecule has 0 fully saturated rings. The molecule has 8 aromatic rings. The normalized spacial score (nSPS) is 9.88. The molecule has 0 saturated heterocycles. The molecule has 0 N–H and O–H groups in total. The first-order valence-electron chi connectivity index (χ1n) is 18.1. The van der Waals surface area contributed by atoms with Crippen molar-refractivity contribution in [2.75, 3.05) is 0 Å². The number of benzene rings is 4. The summed E-state index contributed by atoms with van der Waals surface area (Å²) in [5.74, 6) is -5.13. The Kier molecular flexibility index (Phi) is 22.6. The van der Waals surface area contributed by atoms with E-state index in [1.807, 2.05) is 52.0 Å². The van der Waals surface area contributed by atoms with Gasteiger partial charge in [-0.1, -0.05) is 95.1 Å². The zero-order valence-corrected chi connectivity index (χ0v) is 40.1. The van der Waals surface area contributed by atoms with Crippen molar-refractivity contribution < 1.29 is 70.9 Å². The standard InChI is InChI=1S/4C12H8F2N.2ClH.2Ir/c4*1-8-2-5-12(15-7-8)10-4-3-9(13)6-11(10)14;;;;/h4*2-3,5-7H,1H3;2*1H;;/q4*-1;;;2*+3/p-2. The van der Waals surface area contributed by atoms with E-state index in [9.17, 15) is 35.1 Å². The van der Waals surface area contributed by atoms with E-state index in [1.165, 1.54) is 35.8 Å². The van der Waals surface area contributed by atoms with Gasteiger partial charge in [-0.3, -0.25) is 35.1 Å². The van der Waals surface area contributed by atoms with Gasteiger partial charge in [0.15, 0.2) is 0 Å². The molecule has 4 aromatic carbocycles. The summed E-state index contributed by atoms with van der Waals surface area (Å²) in [6.07, 6.45) is 6.52. The van der Waals surface area contributed by atoms with Crippen LogP contribution in [0.3, 0.4) is 0 Å². The number of aromatic nitrogens is 4. The Labute approximate surface area is 395 Å². The van der Waals surface area contributed by atoms with Crippen molar-refractivity contribution in [2.45, 2.75) is 27.7 Å². The van der Waals surface area contributed by atoms with E-state index in [1.54, 1.807) is 49.1 Å². The van der Waals surface area contributed by atoms with Crippen molar-refractivity contribution in [3.63, 3.8) is 0 Å². The minimum absolute atomic E-state index is 0.191. The molecule has 0 aliphatic rings. The maximum atomic E-state index is 13.3. The second kappa shape index (κ2) is 27.2. The summed E-state index contributed by atoms with van der Waals surface area (Å²) in [4.78, 5) is 16.2. The molecule has 4 nitrogen and oxygen atoms in total. The monoisotopic (exact) mass is 1270 g/mol. The van der Waals surface area contributed by atoms with E-state index in [-0.39, 0.29) is 22.3 Å². The van der Waals surface area contributed by atoms with Crippen LogP contribution in [0.4, 0.5) is 35.1 Å². The average molecular weight is 1270 g/mol. The number of nitrogens with zero attached hydrogens (tertiary/aromatic N) is 4. The fourth-order valence-corrected chi connectivity index (χ4v) is 5.03. The molecule has 4 heterocycles. The van der Waals surface area contributed by atoms with Crippen molar-refractivity contribution in [3.05, 3.63) is 215 Å². The summed E-state index contributed by atoms with van der Waals surface area (Å²) < 4.78 is 104. The van der Waals surface area contributed by atoms with E-state index in [4.69, 9.17) is 0 Å². The first kappa shape index (κ1) is 53.1. The van der Waals surface area contributed by atoms with Crippen LogP contribution in [0.15, 0.2) is 122 Å². The fourth-order valence-electron chi connectivity index (χ4n) is 5.03. The number of hydrogen-bond donors (Lipinski definition) is 0. The summed E-state index contributed by atoms with van der Waals surface area (Å²) in [6.45, 7) is 7.56. The van der Waals surface area contributed by atoms with E-state index < -0.39 is 46.5 Å². The van der Waals surface area contributed by atoms with Crippen molar-refractivity contribution >= 4 is 19.2 Å². The molecule has 0 radical (unpaired) electrons. The van der Waals surface area contributed by atoms with Gasteiger partial charge in [-0.25, -0.2) is 0 Å². The number of pyridine rings is 4. The van der Waals surface area contributed by atoms with Crippen LogP contribution < -0.4 is 0 Å². The van der Waals surface area contributed by atoms with Gasteiger partial charge in [0.1, 0.15) is 0 Å². The zero-order valence-electron chi connectivity index (χ0n) is 33.8. The Morgan fingerprint density at radius 1 is 0.344 bits per heavy atom. The van der Waals surface area contributed by atoms with Gasteiger partial charge in [0.2, 0.25) is 0 Å². The van der Waals surface area contributed by atoms with Crippen LogP contribution >= 0.6 is 19.2 Å². The molecular formula is C48H32Cl2F8Ir2N4. The quantitative estimate of drug-likeness (QED) is 0.130. The Morgan fingerprint density at radius 3 is 0.672 bits per heavy atom. The Hall–Kier alpha value is -5.20. The summed E-state index contributed by atoms with van der Waals surface area (Å²) in [5, 5.41) is 0. The van der Waals surface area contributed by atoms with Gasteiger partial charge in [0.05, 0.1) is 0 Å². The van der Waals surface area contributed by atoms with Crippen molar-refractivity contribution in [1.82, 2.24) is 19.9 Å². The topological polar surface area (TPSA) is 51.6 Å². The Balaban J connectivity index is 0.000000221. The third-order valence-corrected chi connectivity index (χ3v) is 8.10. The van der Waals surface area contributed by atoms with Crippen LogP contribution in [0.2, 0.25) is 0 Å². The van der Waals surface area contributed by atoms with Crippen molar-refractivity contribution in [2.24, 2.45) is 0 Å². The third-order valence-electron chi connectivity index (χ3n) is 8.10. The van der Waals surface area contributed by atoms with E-state index >= 15 is 0 Å². The molecule has 8 rings (SSSR count). The second-order valence-corrected chi connectivity index (χ2v) is 13.0. The summed E-state index contributed by atoms with van der Waals surface area (Å²) in [7, 11) is 9.28. The molecular weight excluding hydrogens is 1240 g/mol. The third kappa shape index (κ3) is 16.7. The predicted octanol–water partition coefficient (Wildman–Crippen LogP) is 13.9. The molecule has 64 heavy (non-hydrogen) atoms. The molecule has 0 bridgehead atoms. The van der Waals surface area contributed by atoms with Gasteiger partial charge in [-0.15, -0.1) is 48.5 Å². The number of halogens is 10. The number of aryl methyl sites for hydroxylation is 4. The number of hydrogen-bond acceptors (Lipinski definition) is 4. The summed E-state index contributed by atoms with van der Waals surface area (Å²) in [5.41, 5.74) is 6.54. The molecule has 4 aromatic heterocycles. The molecule has 0 aliphatic heterocycles. The van der Waals surface area contributed by atoms with Crippen LogP contribution in [0, 0.1) is 98.5 Å². The first-order valence-corrected chi connectivity index (χ1v) is 24.0. The zero-order chi connectivity index (χ0) is 47.3. The molecule has 0 aliphatic carbocycles. The molecule has 332 valence electrons. The van der Waals surface area contributed by atoms with Crippen LogP contribution in [-0.4, -0.2) is 19.9 Å². The van der Waals surface area contributed by atoms with E-state index in [0.717, 1.165) is 70.8 Å². The van der Waals surface area contributed by atoms with Gasteiger partial charge < -0.3 is 19.9 Å². The van der Waals surface area contributed by atoms with Crippen LogP contribution in [-0.2, 0) is 35.8 Å². The molecule has 0 unspecified atom stereocenters. The van der Waals surface area contributed by atoms with Crippen molar-refractivity contribution in [3.8, 4) is 45.0 Å². The number of rotatable bonds is 4. The predicted molar refractivity (Wildman–Crippen MR) is 224 cm³/mol. The van der Waals surface area contributed by atoms with Gasteiger partial charge in [0.25, 0.3) is 0 Å². The SMILES string of the molecule is Cc1ccc(-c2[c-]cc(F)cc2F)nc1.Cc1ccc(-c2[c-]cc(F)cc2F)nc1.Cc1ccc(-c2[c-]cc(F)cc2F)nc1.Cc1ccc(-c2[c-]cc(F)cc2F)nc1.[Cl][Ir+2].[Cl][Ir+2]. The van der Waals surface area contributed by atoms with Crippen LogP contribution in [0.5, 0.6) is 0 Å². The summed E-state index contributed by atoms with van der Waals surface area (Å²) in [6, 6.07) is 31.8. The van der Waals surface area contributed by atoms with Gasteiger partial charge >= 0.3 is 54.9 Å². The molecule has 0 spiro atoms. The van der Waals surface area contributed by atoms with Crippen LogP contribution in [0.1, 0.15) is 22.3 Å². The van der Waals surface area contributed by atoms with Gasteiger partial charge in [-0.2, -0.15) is 0 Å². The molecule has 0 amide bonds. The van der Waals surface area contributed by atoms with E-state index in [0.29, 0.717) is 22.8 Å². The maximum absolute atomic E-state index is 13.3. The van der Waals surface area contributed by atoms with Gasteiger partial charge in [-0.05, 0) is 72.7 Å². The first-order chi connectivity index (χ1) is 30.7.